The van der Waals surface area contributed by atoms with Crippen LogP contribution in [0.15, 0.2) is 83.8 Å². The molecule has 0 fully saturated rings. The van der Waals surface area contributed by atoms with Crippen LogP contribution in [0.2, 0.25) is 0 Å². The fourth-order valence-corrected chi connectivity index (χ4v) is 4.68. The van der Waals surface area contributed by atoms with Crippen LogP contribution in [0.3, 0.4) is 0 Å². The SMILES string of the molecule is CSc1cccc(NC(=O)C(C)N(c2ccc(Oc3ccccc3)cc2)S(C)(=O)=O)c1. The zero-order chi connectivity index (χ0) is 22.4. The van der Waals surface area contributed by atoms with Crippen LogP contribution in [0.5, 0.6) is 11.5 Å². The largest absolute Gasteiger partial charge is 0.457 e. The number of para-hydroxylation sites is 1. The molecule has 0 aromatic heterocycles. The van der Waals surface area contributed by atoms with Crippen LogP contribution >= 0.6 is 11.8 Å². The Morgan fingerprint density at radius 1 is 0.968 bits per heavy atom. The third kappa shape index (κ3) is 6.02. The summed E-state index contributed by atoms with van der Waals surface area (Å²) >= 11 is 1.56. The number of hydrogen-bond donors (Lipinski definition) is 1. The van der Waals surface area contributed by atoms with E-state index >= 15 is 0 Å². The van der Waals surface area contributed by atoms with Gasteiger partial charge in [-0.1, -0.05) is 24.3 Å². The maximum atomic E-state index is 12.8. The van der Waals surface area contributed by atoms with Crippen molar-refractivity contribution in [1.29, 1.82) is 0 Å². The van der Waals surface area contributed by atoms with E-state index in [0.717, 1.165) is 15.5 Å². The van der Waals surface area contributed by atoms with E-state index in [9.17, 15) is 13.2 Å². The highest BCUT2D eigenvalue weighted by molar-refractivity contribution is 7.98. The maximum Gasteiger partial charge on any atom is 0.247 e. The number of benzene rings is 3. The first-order valence-electron chi connectivity index (χ1n) is 9.55. The molecule has 0 aliphatic carbocycles. The second-order valence-corrected chi connectivity index (χ2v) is 9.60. The van der Waals surface area contributed by atoms with Crippen molar-refractivity contribution in [3.05, 3.63) is 78.9 Å². The first-order valence-corrected chi connectivity index (χ1v) is 12.6. The summed E-state index contributed by atoms with van der Waals surface area (Å²) in [7, 11) is -3.71. The molecule has 0 aliphatic heterocycles. The molecule has 0 heterocycles. The van der Waals surface area contributed by atoms with Crippen LogP contribution in [0.25, 0.3) is 0 Å². The lowest BCUT2D eigenvalue weighted by molar-refractivity contribution is -0.116. The van der Waals surface area contributed by atoms with Crippen molar-refractivity contribution in [3.8, 4) is 11.5 Å². The van der Waals surface area contributed by atoms with E-state index in [1.165, 1.54) is 0 Å². The second kappa shape index (κ2) is 9.89. The number of hydrogen-bond acceptors (Lipinski definition) is 5. The first kappa shape index (κ1) is 22.7. The van der Waals surface area contributed by atoms with Crippen molar-refractivity contribution in [2.24, 2.45) is 0 Å². The molecule has 6 nitrogen and oxygen atoms in total. The van der Waals surface area contributed by atoms with Gasteiger partial charge < -0.3 is 10.1 Å². The Kier molecular flexibility index (Phi) is 7.25. The molecule has 3 aromatic rings. The first-order chi connectivity index (χ1) is 14.8. The third-order valence-corrected chi connectivity index (χ3v) is 6.46. The average molecular weight is 457 g/mol. The summed E-state index contributed by atoms with van der Waals surface area (Å²) in [5.74, 6) is 0.818. The van der Waals surface area contributed by atoms with Crippen LogP contribution in [0.1, 0.15) is 6.92 Å². The number of anilines is 2. The van der Waals surface area contributed by atoms with Crippen LogP contribution in [0.4, 0.5) is 11.4 Å². The van der Waals surface area contributed by atoms with Crippen molar-refractivity contribution in [1.82, 2.24) is 0 Å². The van der Waals surface area contributed by atoms with Gasteiger partial charge in [-0.05, 0) is 67.8 Å². The highest BCUT2D eigenvalue weighted by Crippen LogP contribution is 2.27. The molecule has 8 heteroatoms. The van der Waals surface area contributed by atoms with Gasteiger partial charge in [-0.2, -0.15) is 0 Å². The van der Waals surface area contributed by atoms with Crippen molar-refractivity contribution in [2.75, 3.05) is 22.1 Å². The number of rotatable bonds is 8. The molecular formula is C23H24N2O4S2. The van der Waals surface area contributed by atoms with Gasteiger partial charge in [0.15, 0.2) is 0 Å². The molecule has 3 rings (SSSR count). The topological polar surface area (TPSA) is 75.7 Å². The number of sulfonamides is 1. The van der Waals surface area contributed by atoms with E-state index in [1.807, 2.05) is 54.8 Å². The Morgan fingerprint density at radius 3 is 2.23 bits per heavy atom. The molecule has 31 heavy (non-hydrogen) atoms. The average Bonchev–Trinajstić information content (AvgIpc) is 2.75. The highest BCUT2D eigenvalue weighted by atomic mass is 32.2. The van der Waals surface area contributed by atoms with Crippen molar-refractivity contribution in [2.45, 2.75) is 17.9 Å². The summed E-state index contributed by atoms with van der Waals surface area (Å²) in [5, 5.41) is 2.80. The van der Waals surface area contributed by atoms with Crippen LogP contribution < -0.4 is 14.4 Å². The molecule has 0 bridgehead atoms. The lowest BCUT2D eigenvalue weighted by Gasteiger charge is -2.28. The molecule has 0 radical (unpaired) electrons. The summed E-state index contributed by atoms with van der Waals surface area (Å²) < 4.78 is 31.9. The minimum absolute atomic E-state index is 0.378. The van der Waals surface area contributed by atoms with E-state index < -0.39 is 22.0 Å². The van der Waals surface area contributed by atoms with Crippen molar-refractivity contribution >= 4 is 39.1 Å². The molecule has 0 spiro atoms. The predicted molar refractivity (Wildman–Crippen MR) is 127 cm³/mol. The molecule has 0 saturated carbocycles. The number of nitrogens with zero attached hydrogens (tertiary/aromatic N) is 1. The zero-order valence-corrected chi connectivity index (χ0v) is 19.1. The van der Waals surface area contributed by atoms with Gasteiger partial charge in [-0.15, -0.1) is 11.8 Å². The number of thioether (sulfide) groups is 1. The summed E-state index contributed by atoms with van der Waals surface area (Å²) in [6.07, 6.45) is 3.03. The summed E-state index contributed by atoms with van der Waals surface area (Å²) in [6.45, 7) is 1.56. The minimum Gasteiger partial charge on any atom is -0.457 e. The van der Waals surface area contributed by atoms with E-state index in [-0.39, 0.29) is 0 Å². The van der Waals surface area contributed by atoms with E-state index in [0.29, 0.717) is 22.9 Å². The van der Waals surface area contributed by atoms with Gasteiger partial charge in [0.1, 0.15) is 17.5 Å². The molecule has 0 saturated heterocycles. The van der Waals surface area contributed by atoms with Gasteiger partial charge in [-0.25, -0.2) is 8.42 Å². The molecule has 1 N–H and O–H groups in total. The molecule has 1 amide bonds. The number of carbonyl (C=O) groups is 1. The van der Waals surface area contributed by atoms with Crippen LogP contribution in [-0.4, -0.2) is 32.9 Å². The van der Waals surface area contributed by atoms with Crippen molar-refractivity contribution < 1.29 is 17.9 Å². The lowest BCUT2D eigenvalue weighted by Crippen LogP contribution is -2.45. The monoisotopic (exact) mass is 456 g/mol. The van der Waals surface area contributed by atoms with Gasteiger partial charge in [0.2, 0.25) is 15.9 Å². The quantitative estimate of drug-likeness (QED) is 0.483. The number of carbonyl (C=O) groups excluding carboxylic acids is 1. The summed E-state index contributed by atoms with van der Waals surface area (Å²) in [4.78, 5) is 13.8. The molecule has 1 atom stereocenters. The molecule has 162 valence electrons. The summed E-state index contributed by atoms with van der Waals surface area (Å²) in [6, 6.07) is 22.3. The fraction of sp³-hybridized carbons (Fsp3) is 0.174. The van der Waals surface area contributed by atoms with Crippen LogP contribution in [-0.2, 0) is 14.8 Å². The number of amides is 1. The van der Waals surface area contributed by atoms with Gasteiger partial charge in [-0.3, -0.25) is 9.10 Å². The fourth-order valence-electron chi connectivity index (χ4n) is 3.04. The standard InChI is InChI=1S/C23H24N2O4S2/c1-17(23(26)24-18-8-7-11-22(16-18)30-2)25(31(3,27)28)19-12-14-21(15-13-19)29-20-9-5-4-6-10-20/h4-17H,1-3H3,(H,24,26). The van der Waals surface area contributed by atoms with Crippen LogP contribution in [0, 0.1) is 0 Å². The maximum absolute atomic E-state index is 12.8. The minimum atomic E-state index is -3.71. The third-order valence-electron chi connectivity index (χ3n) is 4.50. The molecular weight excluding hydrogens is 432 g/mol. The normalized spacial score (nSPS) is 12.1. The Morgan fingerprint density at radius 2 is 1.61 bits per heavy atom. The Balaban J connectivity index is 1.80. The van der Waals surface area contributed by atoms with Gasteiger partial charge >= 0.3 is 0 Å². The highest BCUT2D eigenvalue weighted by Gasteiger charge is 2.29. The molecule has 3 aromatic carbocycles. The Labute approximate surface area is 187 Å². The lowest BCUT2D eigenvalue weighted by atomic mass is 10.2. The van der Waals surface area contributed by atoms with Crippen molar-refractivity contribution in [3.63, 3.8) is 0 Å². The number of ether oxygens (including phenoxy) is 1. The summed E-state index contributed by atoms with van der Waals surface area (Å²) in [5.41, 5.74) is 0.993. The van der Waals surface area contributed by atoms with Gasteiger partial charge in [0.05, 0.1) is 11.9 Å². The predicted octanol–water partition coefficient (Wildman–Crippen LogP) is 4.99. The van der Waals surface area contributed by atoms with E-state index in [2.05, 4.69) is 5.32 Å². The number of nitrogens with one attached hydrogen (secondary N) is 1. The second-order valence-electron chi connectivity index (χ2n) is 6.87. The smallest absolute Gasteiger partial charge is 0.247 e. The van der Waals surface area contributed by atoms with Gasteiger partial charge in [0.25, 0.3) is 0 Å². The van der Waals surface area contributed by atoms with E-state index in [4.69, 9.17) is 4.74 Å². The van der Waals surface area contributed by atoms with E-state index in [1.54, 1.807) is 49.0 Å². The van der Waals surface area contributed by atoms with Gasteiger partial charge in [0, 0.05) is 10.6 Å². The molecule has 0 aliphatic rings. The zero-order valence-electron chi connectivity index (χ0n) is 17.5. The molecule has 1 unspecified atom stereocenters. The Hall–Kier alpha value is -2.97. The Bertz CT molecular complexity index is 1130.